The number of nitrogens with one attached hydrogen (secondary N) is 1. The fourth-order valence-corrected chi connectivity index (χ4v) is 2.52. The number of nitrogens with zero attached hydrogens (tertiary/aromatic N) is 3. The summed E-state index contributed by atoms with van der Waals surface area (Å²) in [6.45, 7) is 0.256. The third kappa shape index (κ3) is 4.08. The molecule has 3 aromatic heterocycles. The molecular weight excluding hydrogens is 357 g/mol. The molecule has 3 heterocycles. The molecule has 0 aliphatic rings. The van der Waals surface area contributed by atoms with Crippen LogP contribution >= 0.6 is 11.6 Å². The lowest BCUT2D eigenvalue weighted by Crippen LogP contribution is -2.25. The zero-order chi connectivity index (χ0) is 18.0. The van der Waals surface area contributed by atoms with E-state index in [-0.39, 0.29) is 29.5 Å². The first-order chi connectivity index (χ1) is 11.8. The number of rotatable bonds is 4. The molecule has 25 heavy (non-hydrogen) atoms. The second-order valence-electron chi connectivity index (χ2n) is 5.31. The number of halogens is 4. The van der Waals surface area contributed by atoms with Crippen LogP contribution < -0.4 is 5.32 Å². The van der Waals surface area contributed by atoms with E-state index in [1.54, 1.807) is 24.4 Å². The first-order valence-electron chi connectivity index (χ1n) is 7.24. The highest BCUT2D eigenvalue weighted by molar-refractivity contribution is 6.33. The average molecular weight is 369 g/mol. The molecule has 0 saturated carbocycles. The fourth-order valence-electron chi connectivity index (χ4n) is 2.27. The van der Waals surface area contributed by atoms with E-state index in [1.165, 1.54) is 10.6 Å². The standard InChI is InChI=1S/C16H12ClF3N4O/c17-13-5-10(16(18,19)20)8-24-9-12(23-15(13)24)6-14(25)22-7-11-3-1-2-4-21-11/h1-5,8-9H,6-7H2,(H,22,25). The van der Waals surface area contributed by atoms with Gasteiger partial charge in [0.25, 0.3) is 0 Å². The van der Waals surface area contributed by atoms with E-state index < -0.39 is 11.7 Å². The van der Waals surface area contributed by atoms with E-state index in [0.29, 0.717) is 11.4 Å². The van der Waals surface area contributed by atoms with Crippen molar-refractivity contribution in [3.05, 3.63) is 64.8 Å². The summed E-state index contributed by atoms with van der Waals surface area (Å²) in [6.07, 6.45) is -0.724. The first-order valence-corrected chi connectivity index (χ1v) is 7.61. The highest BCUT2D eigenvalue weighted by Gasteiger charge is 2.31. The van der Waals surface area contributed by atoms with Crippen molar-refractivity contribution in [3.63, 3.8) is 0 Å². The molecule has 0 aromatic carbocycles. The van der Waals surface area contributed by atoms with Gasteiger partial charge in [-0.15, -0.1) is 0 Å². The van der Waals surface area contributed by atoms with Crippen molar-refractivity contribution in [3.8, 4) is 0 Å². The summed E-state index contributed by atoms with van der Waals surface area (Å²) in [7, 11) is 0. The molecule has 0 radical (unpaired) electrons. The molecule has 0 aliphatic heterocycles. The SMILES string of the molecule is O=C(Cc1cn2cc(C(F)(F)F)cc(Cl)c2n1)NCc1ccccn1. The number of hydrogen-bond acceptors (Lipinski definition) is 3. The Labute approximate surface area is 145 Å². The Morgan fingerprint density at radius 2 is 2.04 bits per heavy atom. The molecule has 5 nitrogen and oxygen atoms in total. The van der Waals surface area contributed by atoms with Gasteiger partial charge in [0.15, 0.2) is 5.65 Å². The Balaban J connectivity index is 1.73. The Morgan fingerprint density at radius 3 is 2.72 bits per heavy atom. The Morgan fingerprint density at radius 1 is 1.24 bits per heavy atom. The summed E-state index contributed by atoms with van der Waals surface area (Å²) in [6, 6.07) is 6.15. The van der Waals surface area contributed by atoms with E-state index in [9.17, 15) is 18.0 Å². The molecule has 1 N–H and O–H groups in total. The number of carbonyl (C=O) groups excluding carboxylic acids is 1. The molecular formula is C16H12ClF3N4O. The van der Waals surface area contributed by atoms with Gasteiger partial charge in [0.1, 0.15) is 0 Å². The third-order valence-electron chi connectivity index (χ3n) is 3.42. The van der Waals surface area contributed by atoms with Crippen LogP contribution in [0.3, 0.4) is 0 Å². The lowest BCUT2D eigenvalue weighted by molar-refractivity contribution is -0.137. The van der Waals surface area contributed by atoms with Crippen LogP contribution in [0.5, 0.6) is 0 Å². The lowest BCUT2D eigenvalue weighted by atomic mass is 10.3. The van der Waals surface area contributed by atoms with Gasteiger partial charge in [0, 0.05) is 18.6 Å². The van der Waals surface area contributed by atoms with Crippen molar-refractivity contribution >= 4 is 23.2 Å². The molecule has 0 fully saturated rings. The monoisotopic (exact) mass is 368 g/mol. The highest BCUT2D eigenvalue weighted by Crippen LogP contribution is 2.32. The molecule has 3 aromatic rings. The van der Waals surface area contributed by atoms with Crippen molar-refractivity contribution in [2.24, 2.45) is 0 Å². The third-order valence-corrected chi connectivity index (χ3v) is 3.70. The van der Waals surface area contributed by atoms with Crippen molar-refractivity contribution in [2.45, 2.75) is 19.1 Å². The maximum Gasteiger partial charge on any atom is 0.417 e. The number of alkyl halides is 3. The summed E-state index contributed by atoms with van der Waals surface area (Å²) in [5.41, 5.74) is 0.305. The average Bonchev–Trinajstić information content (AvgIpc) is 2.96. The van der Waals surface area contributed by atoms with Crippen LogP contribution in [0, 0.1) is 0 Å². The summed E-state index contributed by atoms with van der Waals surface area (Å²) < 4.78 is 39.6. The second-order valence-corrected chi connectivity index (χ2v) is 5.72. The van der Waals surface area contributed by atoms with Crippen molar-refractivity contribution in [1.29, 1.82) is 0 Å². The van der Waals surface area contributed by atoms with Crippen LogP contribution in [0.4, 0.5) is 13.2 Å². The van der Waals surface area contributed by atoms with Gasteiger partial charge in [-0.2, -0.15) is 13.2 Å². The molecule has 0 saturated heterocycles. The van der Waals surface area contributed by atoms with Crippen LogP contribution in [0.2, 0.25) is 5.02 Å². The Hall–Kier alpha value is -2.61. The zero-order valence-corrected chi connectivity index (χ0v) is 13.5. The largest absolute Gasteiger partial charge is 0.417 e. The predicted octanol–water partition coefficient (Wildman–Crippen LogP) is 3.26. The van der Waals surface area contributed by atoms with Crippen molar-refractivity contribution < 1.29 is 18.0 Å². The van der Waals surface area contributed by atoms with Gasteiger partial charge in [-0.3, -0.25) is 9.78 Å². The minimum atomic E-state index is -4.51. The predicted molar refractivity (Wildman–Crippen MR) is 85.0 cm³/mol. The number of aromatic nitrogens is 3. The van der Waals surface area contributed by atoms with Crippen molar-refractivity contribution in [2.75, 3.05) is 0 Å². The smallest absolute Gasteiger partial charge is 0.350 e. The van der Waals surface area contributed by atoms with E-state index in [4.69, 9.17) is 11.6 Å². The van der Waals surface area contributed by atoms with Crippen LogP contribution in [-0.4, -0.2) is 20.3 Å². The van der Waals surface area contributed by atoms with Crippen LogP contribution in [-0.2, 0) is 23.9 Å². The summed E-state index contributed by atoms with van der Waals surface area (Å²) in [4.78, 5) is 20.2. The highest BCUT2D eigenvalue weighted by atomic mass is 35.5. The quantitative estimate of drug-likeness (QED) is 0.769. The second kappa shape index (κ2) is 6.72. The molecule has 0 bridgehead atoms. The van der Waals surface area contributed by atoms with Crippen LogP contribution in [0.25, 0.3) is 5.65 Å². The number of hydrogen-bond donors (Lipinski definition) is 1. The Bertz CT molecular complexity index is 909. The lowest BCUT2D eigenvalue weighted by Gasteiger charge is -2.07. The van der Waals surface area contributed by atoms with Gasteiger partial charge in [0.05, 0.1) is 34.9 Å². The molecule has 1 amide bonds. The molecule has 0 spiro atoms. The van der Waals surface area contributed by atoms with Gasteiger partial charge < -0.3 is 9.72 Å². The number of fused-ring (bicyclic) bond motifs is 1. The van der Waals surface area contributed by atoms with E-state index in [2.05, 4.69) is 15.3 Å². The Kier molecular flexibility index (Phi) is 4.63. The summed E-state index contributed by atoms with van der Waals surface area (Å²) in [5, 5.41) is 2.55. The molecule has 130 valence electrons. The minimum absolute atomic E-state index is 0.0772. The first kappa shape index (κ1) is 17.2. The van der Waals surface area contributed by atoms with Gasteiger partial charge in [-0.25, -0.2) is 4.98 Å². The number of carbonyl (C=O) groups is 1. The molecule has 9 heteroatoms. The molecule has 0 atom stereocenters. The van der Waals surface area contributed by atoms with Crippen LogP contribution in [0.15, 0.2) is 42.9 Å². The summed E-state index contributed by atoms with van der Waals surface area (Å²) in [5.74, 6) is -0.318. The van der Waals surface area contributed by atoms with Gasteiger partial charge in [0.2, 0.25) is 5.91 Å². The van der Waals surface area contributed by atoms with Gasteiger partial charge in [-0.1, -0.05) is 17.7 Å². The zero-order valence-electron chi connectivity index (χ0n) is 12.7. The number of amides is 1. The number of pyridine rings is 2. The molecule has 3 rings (SSSR count). The topological polar surface area (TPSA) is 59.3 Å². The molecule has 0 aliphatic carbocycles. The minimum Gasteiger partial charge on any atom is -0.350 e. The van der Waals surface area contributed by atoms with E-state index in [1.807, 2.05) is 0 Å². The summed E-state index contributed by atoms with van der Waals surface area (Å²) >= 11 is 5.87. The van der Waals surface area contributed by atoms with Gasteiger partial charge in [-0.05, 0) is 18.2 Å². The number of imidazole rings is 1. The maximum atomic E-state index is 12.8. The molecule has 0 unspecified atom stereocenters. The van der Waals surface area contributed by atoms with E-state index in [0.717, 1.165) is 12.3 Å². The normalized spacial score (nSPS) is 11.7. The fraction of sp³-hybridized carbons (Fsp3) is 0.188. The van der Waals surface area contributed by atoms with Gasteiger partial charge >= 0.3 is 6.18 Å². The maximum absolute atomic E-state index is 12.8. The van der Waals surface area contributed by atoms with Crippen LogP contribution in [0.1, 0.15) is 17.0 Å². The van der Waals surface area contributed by atoms with Crippen molar-refractivity contribution in [1.82, 2.24) is 19.7 Å². The van der Waals surface area contributed by atoms with E-state index >= 15 is 0 Å².